The smallest absolute Gasteiger partial charge is 0.409 e. The van der Waals surface area contributed by atoms with E-state index in [4.69, 9.17) is 4.74 Å². The predicted molar refractivity (Wildman–Crippen MR) is 60.8 cm³/mol. The van der Waals surface area contributed by atoms with E-state index in [1.54, 1.807) is 0 Å². The summed E-state index contributed by atoms with van der Waals surface area (Å²) in [6, 6.07) is 0. The number of carbonyl (C=O) groups is 1. The van der Waals surface area contributed by atoms with E-state index in [1.165, 1.54) is 12.8 Å². The quantitative estimate of drug-likeness (QED) is 0.721. The number of hydrogen-bond acceptors (Lipinski definition) is 2. The summed E-state index contributed by atoms with van der Waals surface area (Å²) in [4.78, 5) is 13.5. The van der Waals surface area contributed by atoms with E-state index in [-0.39, 0.29) is 6.09 Å². The van der Waals surface area contributed by atoms with Gasteiger partial charge in [0.05, 0.1) is 6.61 Å². The Morgan fingerprint density at radius 3 is 2.80 bits per heavy atom. The van der Waals surface area contributed by atoms with Gasteiger partial charge in [-0.3, -0.25) is 0 Å². The molecule has 0 spiro atoms. The molecule has 1 heterocycles. The fourth-order valence-electron chi connectivity index (χ4n) is 2.04. The zero-order valence-electron chi connectivity index (χ0n) is 10.00. The van der Waals surface area contributed by atoms with Crippen LogP contribution in [0.25, 0.3) is 0 Å². The molecule has 0 aromatic rings. The Labute approximate surface area is 92.8 Å². The Morgan fingerprint density at radius 1 is 1.33 bits per heavy atom. The van der Waals surface area contributed by atoms with E-state index in [2.05, 4.69) is 6.92 Å². The first-order valence-electron chi connectivity index (χ1n) is 6.19. The summed E-state index contributed by atoms with van der Waals surface area (Å²) in [5.74, 6) is 0.800. The first-order chi connectivity index (χ1) is 7.27. The van der Waals surface area contributed by atoms with E-state index >= 15 is 0 Å². The lowest BCUT2D eigenvalue weighted by Gasteiger charge is -2.19. The van der Waals surface area contributed by atoms with Gasteiger partial charge in [0, 0.05) is 13.1 Å². The summed E-state index contributed by atoms with van der Waals surface area (Å²) >= 11 is 0. The van der Waals surface area contributed by atoms with Gasteiger partial charge in [0.25, 0.3) is 0 Å². The zero-order valence-corrected chi connectivity index (χ0v) is 10.00. The normalized spacial score (nSPS) is 22.3. The second-order valence-corrected chi connectivity index (χ2v) is 4.31. The largest absolute Gasteiger partial charge is 0.449 e. The number of amides is 1. The molecule has 1 aliphatic heterocycles. The molecule has 0 saturated carbocycles. The molecule has 1 unspecified atom stereocenters. The minimum absolute atomic E-state index is 0.117. The molecule has 15 heavy (non-hydrogen) atoms. The van der Waals surface area contributed by atoms with Crippen molar-refractivity contribution in [3.63, 3.8) is 0 Å². The first-order valence-corrected chi connectivity index (χ1v) is 6.19. The van der Waals surface area contributed by atoms with Crippen LogP contribution >= 0.6 is 0 Å². The summed E-state index contributed by atoms with van der Waals surface area (Å²) < 4.78 is 5.14. The van der Waals surface area contributed by atoms with Gasteiger partial charge in [-0.2, -0.15) is 0 Å². The van der Waals surface area contributed by atoms with Crippen LogP contribution in [0.2, 0.25) is 0 Å². The van der Waals surface area contributed by atoms with Crippen molar-refractivity contribution in [3.8, 4) is 0 Å². The molecule has 0 aromatic heterocycles. The number of rotatable bonds is 3. The summed E-state index contributed by atoms with van der Waals surface area (Å²) in [6.45, 7) is 6.55. The van der Waals surface area contributed by atoms with Gasteiger partial charge >= 0.3 is 6.09 Å². The Bertz CT molecular complexity index is 194. The molecule has 1 atom stereocenters. The highest BCUT2D eigenvalue weighted by Crippen LogP contribution is 2.20. The van der Waals surface area contributed by atoms with Gasteiger partial charge in [0.15, 0.2) is 0 Å². The van der Waals surface area contributed by atoms with E-state index in [9.17, 15) is 4.79 Å². The van der Waals surface area contributed by atoms with Gasteiger partial charge in [-0.05, 0) is 31.6 Å². The molecule has 1 fully saturated rings. The highest BCUT2D eigenvalue weighted by atomic mass is 16.6. The Balaban J connectivity index is 2.32. The second-order valence-electron chi connectivity index (χ2n) is 4.31. The van der Waals surface area contributed by atoms with Gasteiger partial charge in [0.1, 0.15) is 0 Å². The minimum atomic E-state index is -0.117. The molecular formula is C12H23NO2. The van der Waals surface area contributed by atoms with Crippen LogP contribution in [0.5, 0.6) is 0 Å². The van der Waals surface area contributed by atoms with Crippen molar-refractivity contribution in [2.75, 3.05) is 19.7 Å². The van der Waals surface area contributed by atoms with Crippen molar-refractivity contribution >= 4 is 6.09 Å². The molecule has 88 valence electrons. The summed E-state index contributed by atoms with van der Waals surface area (Å²) in [5.41, 5.74) is 0. The van der Waals surface area contributed by atoms with Gasteiger partial charge < -0.3 is 9.64 Å². The van der Waals surface area contributed by atoms with Crippen molar-refractivity contribution in [2.45, 2.75) is 46.0 Å². The molecule has 0 radical (unpaired) electrons. The Hall–Kier alpha value is -0.730. The third-order valence-corrected chi connectivity index (χ3v) is 3.11. The molecular weight excluding hydrogens is 190 g/mol. The van der Waals surface area contributed by atoms with Gasteiger partial charge in [-0.1, -0.05) is 20.3 Å². The average Bonchev–Trinajstić information content (AvgIpc) is 2.50. The fraction of sp³-hybridized carbons (Fsp3) is 0.917. The molecule has 1 aliphatic rings. The van der Waals surface area contributed by atoms with Crippen molar-refractivity contribution < 1.29 is 9.53 Å². The van der Waals surface area contributed by atoms with Crippen molar-refractivity contribution in [1.82, 2.24) is 4.90 Å². The summed E-state index contributed by atoms with van der Waals surface area (Å²) in [7, 11) is 0. The van der Waals surface area contributed by atoms with E-state index in [1.807, 2.05) is 11.8 Å². The van der Waals surface area contributed by atoms with Crippen LogP contribution in [-0.2, 0) is 4.74 Å². The maximum absolute atomic E-state index is 11.6. The highest BCUT2D eigenvalue weighted by molar-refractivity contribution is 5.67. The molecule has 3 nitrogen and oxygen atoms in total. The van der Waals surface area contributed by atoms with Crippen molar-refractivity contribution in [3.05, 3.63) is 0 Å². The van der Waals surface area contributed by atoms with Crippen LogP contribution in [0.4, 0.5) is 4.79 Å². The first kappa shape index (κ1) is 12.3. The predicted octanol–water partition coefficient (Wildman–Crippen LogP) is 3.05. The van der Waals surface area contributed by atoms with Crippen LogP contribution in [0.15, 0.2) is 0 Å². The highest BCUT2D eigenvalue weighted by Gasteiger charge is 2.20. The van der Waals surface area contributed by atoms with Gasteiger partial charge in [-0.15, -0.1) is 0 Å². The maximum atomic E-state index is 11.6. The SMILES string of the molecule is CCCOC(=O)N1CCCC(CC)CC1. The number of nitrogens with zero attached hydrogens (tertiary/aromatic N) is 1. The lowest BCUT2D eigenvalue weighted by Crippen LogP contribution is -2.32. The minimum Gasteiger partial charge on any atom is -0.449 e. The van der Waals surface area contributed by atoms with E-state index in [0.29, 0.717) is 6.61 Å². The number of carbonyl (C=O) groups excluding carboxylic acids is 1. The van der Waals surface area contributed by atoms with Crippen molar-refractivity contribution in [2.24, 2.45) is 5.92 Å². The van der Waals surface area contributed by atoms with Crippen molar-refractivity contribution in [1.29, 1.82) is 0 Å². The molecule has 3 heteroatoms. The standard InChI is InChI=1S/C12H23NO2/c1-3-10-15-12(14)13-8-5-6-11(4-2)7-9-13/h11H,3-10H2,1-2H3. The molecule has 0 N–H and O–H groups in total. The van der Waals surface area contributed by atoms with Gasteiger partial charge in [-0.25, -0.2) is 4.79 Å². The Kier molecular flexibility index (Phi) is 5.51. The van der Waals surface area contributed by atoms with Crippen LogP contribution in [0, 0.1) is 5.92 Å². The molecule has 1 amide bonds. The average molecular weight is 213 g/mol. The number of hydrogen-bond donors (Lipinski definition) is 0. The third-order valence-electron chi connectivity index (χ3n) is 3.11. The van der Waals surface area contributed by atoms with Crippen LogP contribution in [-0.4, -0.2) is 30.7 Å². The molecule has 1 rings (SSSR count). The fourth-order valence-corrected chi connectivity index (χ4v) is 2.04. The molecule has 0 aromatic carbocycles. The van der Waals surface area contributed by atoms with Crippen LogP contribution in [0.3, 0.4) is 0 Å². The second kappa shape index (κ2) is 6.70. The zero-order chi connectivity index (χ0) is 11.1. The number of likely N-dealkylation sites (tertiary alicyclic amines) is 1. The maximum Gasteiger partial charge on any atom is 0.409 e. The monoisotopic (exact) mass is 213 g/mol. The lowest BCUT2D eigenvalue weighted by atomic mass is 9.98. The summed E-state index contributed by atoms with van der Waals surface area (Å²) in [6.07, 6.45) is 5.54. The van der Waals surface area contributed by atoms with Gasteiger partial charge in [0.2, 0.25) is 0 Å². The topological polar surface area (TPSA) is 29.5 Å². The third kappa shape index (κ3) is 4.10. The van der Waals surface area contributed by atoms with Crippen LogP contribution in [0.1, 0.15) is 46.0 Å². The number of ether oxygens (including phenoxy) is 1. The molecule has 0 aliphatic carbocycles. The summed E-state index contributed by atoms with van der Waals surface area (Å²) in [5, 5.41) is 0. The lowest BCUT2D eigenvalue weighted by molar-refractivity contribution is 0.103. The van der Waals surface area contributed by atoms with E-state index < -0.39 is 0 Å². The Morgan fingerprint density at radius 2 is 2.13 bits per heavy atom. The van der Waals surface area contributed by atoms with E-state index in [0.717, 1.165) is 38.3 Å². The van der Waals surface area contributed by atoms with Crippen LogP contribution < -0.4 is 0 Å². The molecule has 1 saturated heterocycles. The molecule has 0 bridgehead atoms.